The number of hydrogen-bond acceptors (Lipinski definition) is 3. The number of ether oxygens (including phenoxy) is 1. The summed E-state index contributed by atoms with van der Waals surface area (Å²) in [6.07, 6.45) is 0.322. The quantitative estimate of drug-likeness (QED) is 0.812. The highest BCUT2D eigenvalue weighted by atomic mass is 35.5. The van der Waals surface area contributed by atoms with E-state index in [2.05, 4.69) is 0 Å². The highest BCUT2D eigenvalue weighted by Gasteiger charge is 2.14. The Morgan fingerprint density at radius 2 is 2.14 bits per heavy atom. The van der Waals surface area contributed by atoms with Crippen LogP contribution in [0.3, 0.4) is 0 Å². The van der Waals surface area contributed by atoms with Crippen molar-refractivity contribution < 1.29 is 14.9 Å². The molecule has 4 heteroatoms. The number of aliphatic hydroxyl groups is 1. The van der Waals surface area contributed by atoms with Crippen LogP contribution in [-0.2, 0) is 6.42 Å². The van der Waals surface area contributed by atoms with Gasteiger partial charge in [0, 0.05) is 18.6 Å². The van der Waals surface area contributed by atoms with E-state index >= 15 is 0 Å². The predicted molar refractivity (Wildman–Crippen MR) is 55.2 cm³/mol. The average molecular weight is 217 g/mol. The number of benzene rings is 1. The zero-order chi connectivity index (χ0) is 10.7. The van der Waals surface area contributed by atoms with Crippen LogP contribution in [0.4, 0.5) is 0 Å². The number of phenolic OH excluding ortho intramolecular Hbond substituents is 1. The van der Waals surface area contributed by atoms with E-state index in [1.54, 1.807) is 6.07 Å². The van der Waals surface area contributed by atoms with Crippen molar-refractivity contribution >= 4 is 11.6 Å². The van der Waals surface area contributed by atoms with Crippen LogP contribution in [0.5, 0.6) is 11.5 Å². The molecule has 0 atom stereocenters. The van der Waals surface area contributed by atoms with Gasteiger partial charge in [-0.05, 0) is 18.6 Å². The molecule has 0 fully saturated rings. The Morgan fingerprint density at radius 1 is 1.50 bits per heavy atom. The Labute approximate surface area is 87.9 Å². The average Bonchev–Trinajstić information content (AvgIpc) is 2.18. The van der Waals surface area contributed by atoms with Crippen molar-refractivity contribution in [2.45, 2.75) is 13.3 Å². The fourth-order valence-electron chi connectivity index (χ4n) is 1.31. The topological polar surface area (TPSA) is 49.7 Å². The fourth-order valence-corrected chi connectivity index (χ4v) is 1.55. The normalized spacial score (nSPS) is 10.3. The van der Waals surface area contributed by atoms with Crippen molar-refractivity contribution in [2.75, 3.05) is 13.7 Å². The molecule has 0 aliphatic rings. The third-order valence-electron chi connectivity index (χ3n) is 2.06. The first-order valence-corrected chi connectivity index (χ1v) is 4.65. The number of aliphatic hydroxyl groups excluding tert-OH is 1. The maximum atomic E-state index is 9.70. The summed E-state index contributed by atoms with van der Waals surface area (Å²) >= 11 is 5.98. The monoisotopic (exact) mass is 216 g/mol. The fraction of sp³-hybridized carbons (Fsp3) is 0.400. The minimum Gasteiger partial charge on any atom is -0.504 e. The number of methoxy groups -OCH3 is 1. The van der Waals surface area contributed by atoms with Crippen LogP contribution in [0.15, 0.2) is 6.07 Å². The summed E-state index contributed by atoms with van der Waals surface area (Å²) in [6.45, 7) is 1.77. The molecule has 14 heavy (non-hydrogen) atoms. The molecule has 0 saturated carbocycles. The number of hydrogen-bond donors (Lipinski definition) is 2. The van der Waals surface area contributed by atoms with Gasteiger partial charge in [-0.15, -0.1) is 0 Å². The van der Waals surface area contributed by atoms with Gasteiger partial charge in [0.1, 0.15) is 0 Å². The Morgan fingerprint density at radius 3 is 2.64 bits per heavy atom. The molecule has 0 saturated heterocycles. The molecule has 0 aromatic heterocycles. The molecule has 78 valence electrons. The van der Waals surface area contributed by atoms with Gasteiger partial charge in [-0.3, -0.25) is 0 Å². The van der Waals surface area contributed by atoms with Gasteiger partial charge in [-0.2, -0.15) is 0 Å². The van der Waals surface area contributed by atoms with Crippen LogP contribution in [0, 0.1) is 6.92 Å². The van der Waals surface area contributed by atoms with Crippen LogP contribution in [0.2, 0.25) is 5.02 Å². The highest BCUT2D eigenvalue weighted by Crippen LogP contribution is 2.37. The maximum absolute atomic E-state index is 9.70. The van der Waals surface area contributed by atoms with Crippen LogP contribution in [0.25, 0.3) is 0 Å². The number of halogens is 1. The van der Waals surface area contributed by atoms with Gasteiger partial charge in [0.05, 0.1) is 12.1 Å². The lowest BCUT2D eigenvalue weighted by atomic mass is 10.1. The zero-order valence-electron chi connectivity index (χ0n) is 8.17. The number of aromatic hydroxyl groups is 1. The van der Waals surface area contributed by atoms with E-state index in [0.29, 0.717) is 22.8 Å². The van der Waals surface area contributed by atoms with E-state index in [-0.39, 0.29) is 12.4 Å². The Kier molecular flexibility index (Phi) is 3.61. The van der Waals surface area contributed by atoms with E-state index in [4.69, 9.17) is 21.4 Å². The Balaban J connectivity index is 3.29. The lowest BCUT2D eigenvalue weighted by Gasteiger charge is -2.12. The smallest absolute Gasteiger partial charge is 0.162 e. The van der Waals surface area contributed by atoms with E-state index in [9.17, 15) is 5.11 Å². The van der Waals surface area contributed by atoms with Gasteiger partial charge in [0.25, 0.3) is 0 Å². The first-order valence-electron chi connectivity index (χ1n) is 4.27. The van der Waals surface area contributed by atoms with Crippen LogP contribution in [-0.4, -0.2) is 23.9 Å². The molecule has 0 spiro atoms. The molecule has 2 N–H and O–H groups in total. The summed E-state index contributed by atoms with van der Waals surface area (Å²) in [5, 5.41) is 19.0. The summed E-state index contributed by atoms with van der Waals surface area (Å²) < 4.78 is 4.98. The summed E-state index contributed by atoms with van der Waals surface area (Å²) in [5.74, 6) is 0.396. The molecule has 1 aromatic rings. The van der Waals surface area contributed by atoms with Gasteiger partial charge in [0.2, 0.25) is 0 Å². The standard InChI is InChI=1S/C10H13ClO3/c1-6-5-8(14-2)10(13)7(3-4-12)9(6)11/h5,12-13H,3-4H2,1-2H3. The van der Waals surface area contributed by atoms with Crippen LogP contribution >= 0.6 is 11.6 Å². The first-order chi connectivity index (χ1) is 6.61. The second-order valence-corrected chi connectivity index (χ2v) is 3.39. The van der Waals surface area contributed by atoms with Crippen LogP contribution in [0.1, 0.15) is 11.1 Å². The molecule has 0 bridgehead atoms. The van der Waals surface area contributed by atoms with Gasteiger partial charge in [-0.25, -0.2) is 0 Å². The molecule has 3 nitrogen and oxygen atoms in total. The molecular formula is C10H13ClO3. The van der Waals surface area contributed by atoms with Crippen LogP contribution < -0.4 is 4.74 Å². The van der Waals surface area contributed by atoms with E-state index in [0.717, 1.165) is 5.56 Å². The predicted octanol–water partition coefficient (Wildman–Crippen LogP) is 1.90. The summed E-state index contributed by atoms with van der Waals surface area (Å²) in [5.41, 5.74) is 1.36. The van der Waals surface area contributed by atoms with Crippen molar-refractivity contribution in [1.29, 1.82) is 0 Å². The third-order valence-corrected chi connectivity index (χ3v) is 2.59. The van der Waals surface area contributed by atoms with Crippen molar-refractivity contribution in [3.63, 3.8) is 0 Å². The highest BCUT2D eigenvalue weighted by molar-refractivity contribution is 6.32. The Hall–Kier alpha value is -0.930. The Bertz CT molecular complexity index is 337. The second kappa shape index (κ2) is 4.53. The lowest BCUT2D eigenvalue weighted by Crippen LogP contribution is -1.97. The summed E-state index contributed by atoms with van der Waals surface area (Å²) in [6, 6.07) is 1.67. The van der Waals surface area contributed by atoms with Crippen molar-refractivity contribution in [1.82, 2.24) is 0 Å². The SMILES string of the molecule is COc1cc(C)c(Cl)c(CCO)c1O. The molecule has 1 rings (SSSR count). The number of aryl methyl sites for hydroxylation is 1. The number of phenols is 1. The van der Waals surface area contributed by atoms with Gasteiger partial charge >= 0.3 is 0 Å². The molecule has 0 amide bonds. The third kappa shape index (κ3) is 1.94. The summed E-state index contributed by atoms with van der Waals surface area (Å²) in [7, 11) is 1.48. The minimum absolute atomic E-state index is 0.0113. The molecule has 0 unspecified atom stereocenters. The largest absolute Gasteiger partial charge is 0.504 e. The van der Waals surface area contributed by atoms with Gasteiger partial charge in [-0.1, -0.05) is 11.6 Å². The van der Waals surface area contributed by atoms with Gasteiger partial charge < -0.3 is 14.9 Å². The minimum atomic E-state index is -0.0557. The number of rotatable bonds is 3. The van der Waals surface area contributed by atoms with E-state index in [1.165, 1.54) is 7.11 Å². The summed E-state index contributed by atoms with van der Waals surface area (Å²) in [4.78, 5) is 0. The van der Waals surface area contributed by atoms with Crippen molar-refractivity contribution in [2.24, 2.45) is 0 Å². The molecule has 0 heterocycles. The van der Waals surface area contributed by atoms with Crippen molar-refractivity contribution in [3.8, 4) is 11.5 Å². The zero-order valence-corrected chi connectivity index (χ0v) is 8.93. The molecular weight excluding hydrogens is 204 g/mol. The van der Waals surface area contributed by atoms with E-state index in [1.807, 2.05) is 6.92 Å². The van der Waals surface area contributed by atoms with E-state index < -0.39 is 0 Å². The second-order valence-electron chi connectivity index (χ2n) is 3.01. The molecule has 0 aliphatic carbocycles. The first kappa shape index (κ1) is 11.1. The maximum Gasteiger partial charge on any atom is 0.162 e. The lowest BCUT2D eigenvalue weighted by molar-refractivity contribution is 0.296. The van der Waals surface area contributed by atoms with Crippen molar-refractivity contribution in [3.05, 3.63) is 22.2 Å². The molecule has 0 radical (unpaired) electrons. The molecule has 1 aromatic carbocycles. The molecule has 0 aliphatic heterocycles. The van der Waals surface area contributed by atoms with Gasteiger partial charge in [0.15, 0.2) is 11.5 Å².